The second-order valence-corrected chi connectivity index (χ2v) is 5.12. The van der Waals surface area contributed by atoms with Crippen LogP contribution in [-0.2, 0) is 11.3 Å². The minimum atomic E-state index is -0.366. The summed E-state index contributed by atoms with van der Waals surface area (Å²) in [7, 11) is 3.37. The third-order valence-electron chi connectivity index (χ3n) is 3.13. The number of hydrogen-bond donors (Lipinski definition) is 2. The molecule has 1 aliphatic carbocycles. The standard InChI is InChI=1S/C14H19FN2O2/c1-17(9-14(18)16-11-4-5-11)8-10-3-6-13(19-2)12(15)7-10/h3,6-7,11H,4-5,8-9H2,1-2H3,(H,16,18)/p+1. The fourth-order valence-corrected chi connectivity index (χ4v) is 2.01. The molecule has 2 N–H and O–H groups in total. The summed E-state index contributed by atoms with van der Waals surface area (Å²) in [5.41, 5.74) is 0.857. The molecule has 1 saturated carbocycles. The number of carbonyl (C=O) groups excluding carboxylic acids is 1. The van der Waals surface area contributed by atoms with E-state index in [0.29, 0.717) is 19.1 Å². The van der Waals surface area contributed by atoms with Gasteiger partial charge >= 0.3 is 0 Å². The molecule has 0 radical (unpaired) electrons. The number of halogens is 1. The van der Waals surface area contributed by atoms with Gasteiger partial charge in [0.15, 0.2) is 18.1 Å². The molecule has 1 aliphatic rings. The Morgan fingerprint density at radius 3 is 2.84 bits per heavy atom. The van der Waals surface area contributed by atoms with Crippen molar-refractivity contribution in [2.75, 3.05) is 20.7 Å². The molecule has 4 nitrogen and oxygen atoms in total. The van der Waals surface area contributed by atoms with E-state index in [1.807, 2.05) is 13.1 Å². The summed E-state index contributed by atoms with van der Waals surface area (Å²) in [6.07, 6.45) is 2.18. The summed E-state index contributed by atoms with van der Waals surface area (Å²) < 4.78 is 18.4. The van der Waals surface area contributed by atoms with E-state index in [0.717, 1.165) is 23.3 Å². The number of likely N-dealkylation sites (N-methyl/N-ethyl adjacent to an activating group) is 1. The maximum Gasteiger partial charge on any atom is 0.275 e. The fraction of sp³-hybridized carbons (Fsp3) is 0.500. The minimum absolute atomic E-state index is 0.0639. The number of carbonyl (C=O) groups is 1. The molecule has 0 heterocycles. The third kappa shape index (κ3) is 4.21. The van der Waals surface area contributed by atoms with Crippen LogP contribution >= 0.6 is 0 Å². The number of hydrogen-bond acceptors (Lipinski definition) is 2. The molecule has 0 bridgehead atoms. The molecular weight excluding hydrogens is 247 g/mol. The van der Waals surface area contributed by atoms with Gasteiger partial charge in [-0.15, -0.1) is 0 Å². The molecule has 1 atom stereocenters. The first-order valence-corrected chi connectivity index (χ1v) is 6.51. The second kappa shape index (κ2) is 6.02. The summed E-state index contributed by atoms with van der Waals surface area (Å²) >= 11 is 0. The molecule has 0 aromatic heterocycles. The number of amides is 1. The fourth-order valence-electron chi connectivity index (χ4n) is 2.01. The van der Waals surface area contributed by atoms with E-state index in [1.165, 1.54) is 13.2 Å². The molecule has 104 valence electrons. The molecule has 1 unspecified atom stereocenters. The molecule has 1 fully saturated rings. The Labute approximate surface area is 112 Å². The highest BCUT2D eigenvalue weighted by atomic mass is 19.1. The quantitative estimate of drug-likeness (QED) is 0.769. The average molecular weight is 267 g/mol. The van der Waals surface area contributed by atoms with Crippen molar-refractivity contribution in [2.24, 2.45) is 0 Å². The van der Waals surface area contributed by atoms with Gasteiger partial charge in [-0.2, -0.15) is 0 Å². The zero-order valence-corrected chi connectivity index (χ0v) is 11.3. The Hall–Kier alpha value is -1.62. The molecule has 0 saturated heterocycles. The monoisotopic (exact) mass is 267 g/mol. The van der Waals surface area contributed by atoms with Gasteiger partial charge in [0.05, 0.1) is 14.2 Å². The van der Waals surface area contributed by atoms with Crippen molar-refractivity contribution in [1.29, 1.82) is 0 Å². The lowest BCUT2D eigenvalue weighted by Crippen LogP contribution is -3.08. The minimum Gasteiger partial charge on any atom is -0.494 e. The lowest BCUT2D eigenvalue weighted by atomic mass is 10.2. The SMILES string of the molecule is COc1ccc(C[NH+](C)CC(=O)NC2CC2)cc1F. The van der Waals surface area contributed by atoms with Crippen LogP contribution in [-0.4, -0.2) is 32.7 Å². The molecule has 1 aromatic carbocycles. The number of nitrogens with one attached hydrogen (secondary N) is 2. The highest BCUT2D eigenvalue weighted by Crippen LogP contribution is 2.18. The Kier molecular flexibility index (Phi) is 4.37. The van der Waals surface area contributed by atoms with E-state index in [1.54, 1.807) is 6.07 Å². The van der Waals surface area contributed by atoms with Crippen LogP contribution in [0.1, 0.15) is 18.4 Å². The van der Waals surface area contributed by atoms with E-state index in [-0.39, 0.29) is 17.5 Å². The van der Waals surface area contributed by atoms with Crippen LogP contribution in [0.15, 0.2) is 18.2 Å². The second-order valence-electron chi connectivity index (χ2n) is 5.12. The Bertz CT molecular complexity index is 461. The summed E-state index contributed by atoms with van der Waals surface area (Å²) in [5, 5.41) is 2.95. The highest BCUT2D eigenvalue weighted by Gasteiger charge is 2.24. The van der Waals surface area contributed by atoms with Crippen molar-refractivity contribution in [3.05, 3.63) is 29.6 Å². The lowest BCUT2D eigenvalue weighted by molar-refractivity contribution is -0.885. The first-order chi connectivity index (χ1) is 9.08. The van der Waals surface area contributed by atoms with Crippen LogP contribution in [0.5, 0.6) is 5.75 Å². The zero-order valence-electron chi connectivity index (χ0n) is 11.3. The Morgan fingerprint density at radius 1 is 1.53 bits per heavy atom. The van der Waals surface area contributed by atoms with Gasteiger partial charge in [-0.25, -0.2) is 4.39 Å². The molecule has 19 heavy (non-hydrogen) atoms. The first-order valence-electron chi connectivity index (χ1n) is 6.51. The number of benzene rings is 1. The van der Waals surface area contributed by atoms with E-state index in [2.05, 4.69) is 5.32 Å². The van der Waals surface area contributed by atoms with Gasteiger partial charge in [-0.3, -0.25) is 4.79 Å². The van der Waals surface area contributed by atoms with Gasteiger partial charge in [0.2, 0.25) is 0 Å². The van der Waals surface area contributed by atoms with Gasteiger partial charge in [0, 0.05) is 11.6 Å². The molecular formula is C14H20FN2O2+. The Balaban J connectivity index is 1.85. The predicted octanol–water partition coefficient (Wildman–Crippen LogP) is 0.128. The van der Waals surface area contributed by atoms with Gasteiger partial charge in [-0.05, 0) is 31.0 Å². The summed E-state index contributed by atoms with van der Waals surface area (Å²) in [5.74, 6) is -0.0582. The van der Waals surface area contributed by atoms with Crippen LogP contribution in [0.3, 0.4) is 0 Å². The molecule has 0 spiro atoms. The zero-order chi connectivity index (χ0) is 13.8. The third-order valence-corrected chi connectivity index (χ3v) is 3.13. The average Bonchev–Trinajstić information content (AvgIpc) is 3.12. The number of quaternary nitrogens is 1. The molecule has 0 aliphatic heterocycles. The maximum atomic E-state index is 13.5. The topological polar surface area (TPSA) is 42.8 Å². The van der Waals surface area contributed by atoms with E-state index in [9.17, 15) is 9.18 Å². The molecule has 1 aromatic rings. The smallest absolute Gasteiger partial charge is 0.275 e. The predicted molar refractivity (Wildman–Crippen MR) is 69.6 cm³/mol. The molecule has 2 rings (SSSR count). The maximum absolute atomic E-state index is 13.5. The Morgan fingerprint density at radius 2 is 2.26 bits per heavy atom. The van der Waals surface area contributed by atoms with Crippen molar-refractivity contribution in [3.63, 3.8) is 0 Å². The van der Waals surface area contributed by atoms with Gasteiger partial charge in [0.25, 0.3) is 5.91 Å². The van der Waals surface area contributed by atoms with Crippen molar-refractivity contribution in [3.8, 4) is 5.75 Å². The number of ether oxygens (including phenoxy) is 1. The molecule has 1 amide bonds. The first kappa shape index (κ1) is 13.8. The van der Waals surface area contributed by atoms with Gasteiger partial charge in [-0.1, -0.05) is 0 Å². The van der Waals surface area contributed by atoms with E-state index < -0.39 is 0 Å². The largest absolute Gasteiger partial charge is 0.494 e. The number of methoxy groups -OCH3 is 1. The number of rotatable bonds is 6. The summed E-state index contributed by atoms with van der Waals surface area (Å²) in [6.45, 7) is 1.02. The summed E-state index contributed by atoms with van der Waals surface area (Å²) in [6, 6.07) is 5.28. The normalized spacial score (nSPS) is 15.9. The van der Waals surface area contributed by atoms with Crippen LogP contribution < -0.4 is 15.0 Å². The van der Waals surface area contributed by atoms with Crippen molar-refractivity contribution in [1.82, 2.24) is 5.32 Å². The van der Waals surface area contributed by atoms with Crippen LogP contribution in [0.2, 0.25) is 0 Å². The van der Waals surface area contributed by atoms with Gasteiger partial charge < -0.3 is 15.0 Å². The van der Waals surface area contributed by atoms with Gasteiger partial charge in [0.1, 0.15) is 6.54 Å². The van der Waals surface area contributed by atoms with Crippen LogP contribution in [0.4, 0.5) is 4.39 Å². The van der Waals surface area contributed by atoms with Crippen molar-refractivity contribution in [2.45, 2.75) is 25.4 Å². The van der Waals surface area contributed by atoms with Crippen molar-refractivity contribution >= 4 is 5.91 Å². The van der Waals surface area contributed by atoms with Crippen LogP contribution in [0, 0.1) is 5.82 Å². The lowest BCUT2D eigenvalue weighted by Gasteiger charge is -2.14. The summed E-state index contributed by atoms with van der Waals surface area (Å²) in [4.78, 5) is 12.7. The molecule has 5 heteroatoms. The van der Waals surface area contributed by atoms with E-state index >= 15 is 0 Å². The highest BCUT2D eigenvalue weighted by molar-refractivity contribution is 5.77. The van der Waals surface area contributed by atoms with Crippen molar-refractivity contribution < 1.29 is 18.8 Å². The van der Waals surface area contributed by atoms with E-state index in [4.69, 9.17) is 4.74 Å². The van der Waals surface area contributed by atoms with Crippen LogP contribution in [0.25, 0.3) is 0 Å².